The van der Waals surface area contributed by atoms with E-state index in [4.69, 9.17) is 14.2 Å². The number of anilines is 1. The van der Waals surface area contributed by atoms with Crippen molar-refractivity contribution >= 4 is 23.3 Å². The molecule has 7 heteroatoms. The van der Waals surface area contributed by atoms with Gasteiger partial charge in [0.25, 0.3) is 5.91 Å². The standard InChI is InChI=1S/C16H17NO6/c1-10(18)12-3-5-13(6-4-12)17-15(19)11(2)23-16(20)14-9-21-7-8-22-14/h3-6,9,11H,7-8H2,1-2H3,(H,17,19)/t11-/m0/s1. The molecule has 0 radical (unpaired) electrons. The molecule has 1 aliphatic heterocycles. The van der Waals surface area contributed by atoms with Crippen LogP contribution in [-0.2, 0) is 23.8 Å². The fourth-order valence-corrected chi connectivity index (χ4v) is 1.78. The highest BCUT2D eigenvalue weighted by Gasteiger charge is 2.23. The molecule has 0 saturated heterocycles. The van der Waals surface area contributed by atoms with Gasteiger partial charge in [0.2, 0.25) is 5.76 Å². The van der Waals surface area contributed by atoms with Crippen LogP contribution in [0, 0.1) is 0 Å². The fourth-order valence-electron chi connectivity index (χ4n) is 1.78. The van der Waals surface area contributed by atoms with Crippen molar-refractivity contribution in [1.82, 2.24) is 0 Å². The van der Waals surface area contributed by atoms with Crippen LogP contribution in [0.25, 0.3) is 0 Å². The van der Waals surface area contributed by atoms with Gasteiger partial charge < -0.3 is 19.5 Å². The molecule has 1 aromatic rings. The second-order valence-electron chi connectivity index (χ2n) is 4.87. The van der Waals surface area contributed by atoms with E-state index in [1.54, 1.807) is 24.3 Å². The maximum atomic E-state index is 12.0. The quantitative estimate of drug-likeness (QED) is 0.655. The van der Waals surface area contributed by atoms with Gasteiger partial charge in [-0.25, -0.2) is 4.79 Å². The fraction of sp³-hybridized carbons (Fsp3) is 0.312. The largest absolute Gasteiger partial charge is 0.493 e. The first kappa shape index (κ1) is 16.5. The molecule has 122 valence electrons. The summed E-state index contributed by atoms with van der Waals surface area (Å²) in [4.78, 5) is 35.0. The number of benzene rings is 1. The van der Waals surface area contributed by atoms with Gasteiger partial charge in [-0.15, -0.1) is 0 Å². The highest BCUT2D eigenvalue weighted by Crippen LogP contribution is 2.12. The Morgan fingerprint density at radius 2 is 1.87 bits per heavy atom. The normalized spacial score (nSPS) is 14.6. The first-order valence-electron chi connectivity index (χ1n) is 7.05. The number of esters is 1. The average Bonchev–Trinajstić information content (AvgIpc) is 2.56. The number of Topliss-reactive ketones (excluding diaryl/α,β-unsaturated/α-hetero) is 1. The van der Waals surface area contributed by atoms with Crippen LogP contribution in [0.15, 0.2) is 36.3 Å². The number of rotatable bonds is 5. The maximum Gasteiger partial charge on any atom is 0.377 e. The van der Waals surface area contributed by atoms with Crippen LogP contribution in [-0.4, -0.2) is 37.0 Å². The third kappa shape index (κ3) is 4.57. The van der Waals surface area contributed by atoms with Crippen LogP contribution in [0.2, 0.25) is 0 Å². The summed E-state index contributed by atoms with van der Waals surface area (Å²) in [7, 11) is 0. The Labute approximate surface area is 133 Å². The molecule has 1 heterocycles. The van der Waals surface area contributed by atoms with Crippen LogP contribution in [0.3, 0.4) is 0 Å². The van der Waals surface area contributed by atoms with E-state index >= 15 is 0 Å². The molecule has 1 amide bonds. The van der Waals surface area contributed by atoms with Gasteiger partial charge in [0.1, 0.15) is 19.5 Å². The molecule has 0 unspecified atom stereocenters. The lowest BCUT2D eigenvalue weighted by molar-refractivity contribution is -0.153. The molecule has 0 saturated carbocycles. The molecule has 0 aromatic heterocycles. The molecule has 1 aromatic carbocycles. The molecule has 1 N–H and O–H groups in total. The van der Waals surface area contributed by atoms with E-state index in [1.807, 2.05) is 0 Å². The Balaban J connectivity index is 1.90. The monoisotopic (exact) mass is 319 g/mol. The minimum Gasteiger partial charge on any atom is -0.493 e. The van der Waals surface area contributed by atoms with Gasteiger partial charge in [-0.2, -0.15) is 0 Å². The molecule has 1 atom stereocenters. The molecule has 0 bridgehead atoms. The predicted octanol–water partition coefficient (Wildman–Crippen LogP) is 1.65. The SMILES string of the molecule is CC(=O)c1ccc(NC(=O)[C@H](C)OC(=O)C2=COCCO2)cc1. The zero-order valence-electron chi connectivity index (χ0n) is 12.8. The van der Waals surface area contributed by atoms with Gasteiger partial charge >= 0.3 is 5.97 Å². The van der Waals surface area contributed by atoms with Crippen molar-refractivity contribution in [2.75, 3.05) is 18.5 Å². The predicted molar refractivity (Wildman–Crippen MR) is 80.6 cm³/mol. The zero-order chi connectivity index (χ0) is 16.8. The highest BCUT2D eigenvalue weighted by atomic mass is 16.6. The molecular formula is C16H17NO6. The van der Waals surface area contributed by atoms with E-state index in [0.717, 1.165) is 6.26 Å². The van der Waals surface area contributed by atoms with Crippen LogP contribution in [0.4, 0.5) is 5.69 Å². The number of hydrogen-bond donors (Lipinski definition) is 1. The number of nitrogens with one attached hydrogen (secondary N) is 1. The summed E-state index contributed by atoms with van der Waals surface area (Å²) >= 11 is 0. The van der Waals surface area contributed by atoms with Gasteiger partial charge in [0.05, 0.1) is 0 Å². The van der Waals surface area contributed by atoms with E-state index in [-0.39, 0.29) is 18.1 Å². The number of amides is 1. The summed E-state index contributed by atoms with van der Waals surface area (Å²) in [6, 6.07) is 6.41. The van der Waals surface area contributed by atoms with Gasteiger partial charge in [-0.05, 0) is 38.1 Å². The number of ether oxygens (including phenoxy) is 3. The topological polar surface area (TPSA) is 90.9 Å². The average molecular weight is 319 g/mol. The number of hydrogen-bond acceptors (Lipinski definition) is 6. The maximum absolute atomic E-state index is 12.0. The number of carbonyl (C=O) groups is 3. The lowest BCUT2D eigenvalue weighted by Crippen LogP contribution is -2.31. The van der Waals surface area contributed by atoms with Crippen molar-refractivity contribution in [2.45, 2.75) is 20.0 Å². The lowest BCUT2D eigenvalue weighted by Gasteiger charge is -2.17. The van der Waals surface area contributed by atoms with Crippen molar-refractivity contribution in [3.05, 3.63) is 41.9 Å². The Morgan fingerprint density at radius 3 is 2.43 bits per heavy atom. The van der Waals surface area contributed by atoms with E-state index in [2.05, 4.69) is 5.32 Å². The van der Waals surface area contributed by atoms with Crippen LogP contribution >= 0.6 is 0 Å². The van der Waals surface area contributed by atoms with Gasteiger partial charge in [-0.1, -0.05) is 0 Å². The molecule has 0 aliphatic carbocycles. The van der Waals surface area contributed by atoms with Crippen LogP contribution in [0.1, 0.15) is 24.2 Å². The third-order valence-electron chi connectivity index (χ3n) is 3.06. The summed E-state index contributed by atoms with van der Waals surface area (Å²) in [6.07, 6.45) is 0.151. The zero-order valence-corrected chi connectivity index (χ0v) is 12.8. The number of carbonyl (C=O) groups excluding carboxylic acids is 3. The van der Waals surface area contributed by atoms with Crippen molar-refractivity contribution in [3.63, 3.8) is 0 Å². The van der Waals surface area contributed by atoms with E-state index in [0.29, 0.717) is 17.9 Å². The number of ketones is 1. The highest BCUT2D eigenvalue weighted by molar-refractivity contribution is 5.98. The summed E-state index contributed by atoms with van der Waals surface area (Å²) in [5, 5.41) is 2.60. The molecular weight excluding hydrogens is 302 g/mol. The molecule has 23 heavy (non-hydrogen) atoms. The third-order valence-corrected chi connectivity index (χ3v) is 3.06. The van der Waals surface area contributed by atoms with Gasteiger partial charge in [0, 0.05) is 11.3 Å². The Hall–Kier alpha value is -2.83. The second-order valence-corrected chi connectivity index (χ2v) is 4.87. The first-order chi connectivity index (χ1) is 11.0. The summed E-state index contributed by atoms with van der Waals surface area (Å²) in [6.45, 7) is 3.52. The minimum atomic E-state index is -1.01. The first-order valence-corrected chi connectivity index (χ1v) is 7.05. The van der Waals surface area contributed by atoms with E-state index < -0.39 is 18.0 Å². The summed E-state index contributed by atoms with van der Waals surface area (Å²) < 4.78 is 15.0. The van der Waals surface area contributed by atoms with Crippen molar-refractivity contribution in [2.24, 2.45) is 0 Å². The lowest BCUT2D eigenvalue weighted by atomic mass is 10.1. The summed E-state index contributed by atoms with van der Waals surface area (Å²) in [5.74, 6) is -1.39. The molecule has 2 rings (SSSR count). The van der Waals surface area contributed by atoms with E-state index in [1.165, 1.54) is 13.8 Å². The Morgan fingerprint density at radius 1 is 1.17 bits per heavy atom. The van der Waals surface area contributed by atoms with Gasteiger partial charge in [0.15, 0.2) is 11.9 Å². The Kier molecular flexibility index (Phi) is 5.35. The van der Waals surface area contributed by atoms with Crippen molar-refractivity contribution in [3.8, 4) is 0 Å². The van der Waals surface area contributed by atoms with Gasteiger partial charge in [-0.3, -0.25) is 9.59 Å². The summed E-state index contributed by atoms with van der Waals surface area (Å²) in [5.41, 5.74) is 1.04. The smallest absolute Gasteiger partial charge is 0.377 e. The Bertz CT molecular complexity index is 634. The second kappa shape index (κ2) is 7.44. The molecule has 1 aliphatic rings. The van der Waals surface area contributed by atoms with Crippen molar-refractivity contribution < 1.29 is 28.6 Å². The molecule has 0 spiro atoms. The minimum absolute atomic E-state index is 0.0619. The van der Waals surface area contributed by atoms with Crippen LogP contribution < -0.4 is 5.32 Å². The van der Waals surface area contributed by atoms with E-state index in [9.17, 15) is 14.4 Å². The molecule has 0 fully saturated rings. The van der Waals surface area contributed by atoms with Crippen molar-refractivity contribution in [1.29, 1.82) is 0 Å². The molecule has 7 nitrogen and oxygen atoms in total. The van der Waals surface area contributed by atoms with Crippen LogP contribution in [0.5, 0.6) is 0 Å².